The summed E-state index contributed by atoms with van der Waals surface area (Å²) in [5.74, 6) is 1.23. The average molecular weight is 451 g/mol. The molecule has 11 heteroatoms. The Morgan fingerprint density at radius 3 is 2.48 bits per heavy atom. The standard InChI is InChI=1S/C20H20F3N5O2S/c1-13(29)24-11-3-4-17-26-27-19(28(17)15-6-8-16(30-2)9-7-15)31-18-10-5-14(12-25-18)20(21,22)23/h5-10,12H,3-4,11H2,1-2H3,(H,24,29). The first-order valence-corrected chi connectivity index (χ1v) is 10.1. The minimum Gasteiger partial charge on any atom is -0.497 e. The van der Waals surface area contributed by atoms with Crippen molar-refractivity contribution in [2.75, 3.05) is 13.7 Å². The van der Waals surface area contributed by atoms with E-state index in [-0.39, 0.29) is 5.91 Å². The number of pyridine rings is 1. The molecule has 0 fully saturated rings. The van der Waals surface area contributed by atoms with Gasteiger partial charge >= 0.3 is 6.18 Å². The van der Waals surface area contributed by atoms with E-state index < -0.39 is 11.7 Å². The Morgan fingerprint density at radius 2 is 1.90 bits per heavy atom. The molecule has 0 atom stereocenters. The van der Waals surface area contributed by atoms with Crippen molar-refractivity contribution in [2.24, 2.45) is 0 Å². The molecule has 0 aliphatic heterocycles. The number of aromatic nitrogens is 4. The Balaban J connectivity index is 1.87. The van der Waals surface area contributed by atoms with Gasteiger partial charge in [0.2, 0.25) is 11.1 Å². The fraction of sp³-hybridized carbons (Fsp3) is 0.300. The quantitative estimate of drug-likeness (QED) is 0.523. The Hall–Kier alpha value is -3.08. The van der Waals surface area contributed by atoms with Gasteiger partial charge in [0.05, 0.1) is 12.7 Å². The molecule has 164 valence electrons. The zero-order valence-electron chi connectivity index (χ0n) is 16.8. The second kappa shape index (κ2) is 9.82. The van der Waals surface area contributed by atoms with Crippen LogP contribution in [0, 0.1) is 0 Å². The SMILES string of the molecule is COc1ccc(-n2c(CCCNC(C)=O)nnc2Sc2ccc(C(F)(F)F)cn2)cc1. The van der Waals surface area contributed by atoms with E-state index in [1.54, 1.807) is 19.2 Å². The van der Waals surface area contributed by atoms with E-state index in [0.717, 1.165) is 29.7 Å². The maximum absolute atomic E-state index is 12.8. The summed E-state index contributed by atoms with van der Waals surface area (Å²) < 4.78 is 45.4. The number of ether oxygens (including phenoxy) is 1. The highest BCUT2D eigenvalue weighted by Crippen LogP contribution is 2.32. The van der Waals surface area contributed by atoms with Gasteiger partial charge in [0, 0.05) is 31.8 Å². The van der Waals surface area contributed by atoms with Gasteiger partial charge < -0.3 is 10.1 Å². The van der Waals surface area contributed by atoms with E-state index in [4.69, 9.17) is 4.74 Å². The van der Waals surface area contributed by atoms with Crippen LogP contribution in [0.25, 0.3) is 5.69 Å². The maximum Gasteiger partial charge on any atom is 0.417 e. The molecule has 0 saturated carbocycles. The summed E-state index contributed by atoms with van der Waals surface area (Å²) in [6.07, 6.45) is -2.46. The molecule has 0 aliphatic rings. The number of methoxy groups -OCH3 is 1. The smallest absolute Gasteiger partial charge is 0.417 e. The lowest BCUT2D eigenvalue weighted by Gasteiger charge is -2.11. The third-order valence-corrected chi connectivity index (χ3v) is 5.14. The molecular weight excluding hydrogens is 431 g/mol. The Labute approximate surface area is 181 Å². The summed E-state index contributed by atoms with van der Waals surface area (Å²) in [5.41, 5.74) is -0.0399. The van der Waals surface area contributed by atoms with Crippen LogP contribution in [0.5, 0.6) is 5.75 Å². The molecule has 1 aromatic carbocycles. The summed E-state index contributed by atoms with van der Waals surface area (Å²) in [5, 5.41) is 12.0. The lowest BCUT2D eigenvalue weighted by Crippen LogP contribution is -2.21. The second-order valence-corrected chi connectivity index (χ2v) is 7.49. The molecule has 0 saturated heterocycles. The van der Waals surface area contributed by atoms with Crippen molar-refractivity contribution < 1.29 is 22.7 Å². The molecule has 0 bridgehead atoms. The predicted octanol–water partition coefficient (Wildman–Crippen LogP) is 3.91. The van der Waals surface area contributed by atoms with E-state index >= 15 is 0 Å². The van der Waals surface area contributed by atoms with Crippen molar-refractivity contribution in [1.82, 2.24) is 25.1 Å². The van der Waals surface area contributed by atoms with Crippen molar-refractivity contribution in [1.29, 1.82) is 0 Å². The van der Waals surface area contributed by atoms with Crippen LogP contribution >= 0.6 is 11.8 Å². The molecule has 2 aromatic heterocycles. The highest BCUT2D eigenvalue weighted by molar-refractivity contribution is 7.99. The second-order valence-electron chi connectivity index (χ2n) is 6.50. The van der Waals surface area contributed by atoms with E-state index in [9.17, 15) is 18.0 Å². The summed E-state index contributed by atoms with van der Waals surface area (Å²) in [6, 6.07) is 9.55. The van der Waals surface area contributed by atoms with Crippen LogP contribution in [0.4, 0.5) is 13.2 Å². The van der Waals surface area contributed by atoms with Gasteiger partial charge in [0.15, 0.2) is 0 Å². The van der Waals surface area contributed by atoms with Crippen LogP contribution < -0.4 is 10.1 Å². The van der Waals surface area contributed by atoms with Gasteiger partial charge in [-0.1, -0.05) is 0 Å². The van der Waals surface area contributed by atoms with E-state index in [2.05, 4.69) is 20.5 Å². The molecular formula is C20H20F3N5O2S. The van der Waals surface area contributed by atoms with Crippen LogP contribution in [-0.2, 0) is 17.4 Å². The minimum atomic E-state index is -4.44. The molecule has 0 unspecified atom stereocenters. The zero-order valence-corrected chi connectivity index (χ0v) is 17.6. The van der Waals surface area contributed by atoms with Gasteiger partial charge in [-0.05, 0) is 54.6 Å². The number of amides is 1. The number of rotatable bonds is 8. The number of carbonyl (C=O) groups excluding carboxylic acids is 1. The molecule has 7 nitrogen and oxygen atoms in total. The summed E-state index contributed by atoms with van der Waals surface area (Å²) in [6.45, 7) is 1.94. The van der Waals surface area contributed by atoms with Gasteiger partial charge in [-0.25, -0.2) is 4.98 Å². The van der Waals surface area contributed by atoms with Crippen molar-refractivity contribution >= 4 is 17.7 Å². The van der Waals surface area contributed by atoms with Crippen molar-refractivity contribution in [3.8, 4) is 11.4 Å². The molecule has 31 heavy (non-hydrogen) atoms. The molecule has 3 aromatic rings. The number of nitrogens with one attached hydrogen (secondary N) is 1. The number of hydrogen-bond acceptors (Lipinski definition) is 6. The monoisotopic (exact) mass is 451 g/mol. The van der Waals surface area contributed by atoms with Gasteiger partial charge in [-0.2, -0.15) is 13.2 Å². The van der Waals surface area contributed by atoms with E-state index in [1.165, 1.54) is 13.0 Å². The van der Waals surface area contributed by atoms with Crippen LogP contribution in [0.1, 0.15) is 24.7 Å². The third-order valence-electron chi connectivity index (χ3n) is 4.24. The molecule has 0 spiro atoms. The van der Waals surface area contributed by atoms with Crippen molar-refractivity contribution in [3.05, 3.63) is 54.0 Å². The van der Waals surface area contributed by atoms with Gasteiger partial charge in [-0.3, -0.25) is 9.36 Å². The maximum atomic E-state index is 12.8. The topological polar surface area (TPSA) is 81.9 Å². The first-order chi connectivity index (χ1) is 14.8. The molecule has 1 amide bonds. The molecule has 2 heterocycles. The fourth-order valence-corrected chi connectivity index (χ4v) is 3.54. The number of carbonyl (C=O) groups is 1. The Morgan fingerprint density at radius 1 is 1.16 bits per heavy atom. The first kappa shape index (κ1) is 22.6. The largest absolute Gasteiger partial charge is 0.497 e. The lowest BCUT2D eigenvalue weighted by molar-refractivity contribution is -0.137. The molecule has 0 aliphatic carbocycles. The number of hydrogen-bond donors (Lipinski definition) is 1. The normalized spacial score (nSPS) is 11.4. The number of halogens is 3. The van der Waals surface area contributed by atoms with Gasteiger partial charge in [0.25, 0.3) is 0 Å². The number of aryl methyl sites for hydroxylation is 1. The Bertz CT molecular complexity index is 1020. The molecule has 3 rings (SSSR count). The van der Waals surface area contributed by atoms with Crippen LogP contribution in [-0.4, -0.2) is 39.3 Å². The van der Waals surface area contributed by atoms with Crippen LogP contribution in [0.15, 0.2) is 52.8 Å². The summed E-state index contributed by atoms with van der Waals surface area (Å²) >= 11 is 1.11. The minimum absolute atomic E-state index is 0.110. The molecule has 0 radical (unpaired) electrons. The summed E-state index contributed by atoms with van der Waals surface area (Å²) in [4.78, 5) is 15.0. The lowest BCUT2D eigenvalue weighted by atomic mass is 10.2. The fourth-order valence-electron chi connectivity index (χ4n) is 2.73. The summed E-state index contributed by atoms with van der Waals surface area (Å²) in [7, 11) is 1.57. The third kappa shape index (κ3) is 5.97. The van der Waals surface area contributed by atoms with Gasteiger partial charge in [-0.15, -0.1) is 10.2 Å². The van der Waals surface area contributed by atoms with E-state index in [0.29, 0.717) is 41.1 Å². The average Bonchev–Trinajstić information content (AvgIpc) is 3.13. The zero-order chi connectivity index (χ0) is 22.4. The first-order valence-electron chi connectivity index (χ1n) is 9.32. The highest BCUT2D eigenvalue weighted by atomic mass is 32.2. The molecule has 1 N–H and O–H groups in total. The number of benzene rings is 1. The van der Waals surface area contributed by atoms with Crippen molar-refractivity contribution in [2.45, 2.75) is 36.1 Å². The number of alkyl halides is 3. The van der Waals surface area contributed by atoms with Crippen LogP contribution in [0.2, 0.25) is 0 Å². The van der Waals surface area contributed by atoms with Crippen LogP contribution in [0.3, 0.4) is 0 Å². The van der Waals surface area contributed by atoms with Crippen molar-refractivity contribution in [3.63, 3.8) is 0 Å². The van der Waals surface area contributed by atoms with Gasteiger partial charge in [0.1, 0.15) is 16.6 Å². The Kier molecular flexibility index (Phi) is 7.16. The van der Waals surface area contributed by atoms with E-state index in [1.807, 2.05) is 16.7 Å². The predicted molar refractivity (Wildman–Crippen MR) is 108 cm³/mol. The highest BCUT2D eigenvalue weighted by Gasteiger charge is 2.30. The number of nitrogens with zero attached hydrogens (tertiary/aromatic N) is 4.